The number of nitrogens with zero attached hydrogens (tertiary/aromatic N) is 5. The maximum atomic E-state index is 12.3. The van der Waals surface area contributed by atoms with E-state index in [1.54, 1.807) is 35.1 Å². The second kappa shape index (κ2) is 8.76. The van der Waals surface area contributed by atoms with Gasteiger partial charge in [0.2, 0.25) is 16.0 Å². The first kappa shape index (κ1) is 20.8. The van der Waals surface area contributed by atoms with E-state index in [9.17, 15) is 8.42 Å². The van der Waals surface area contributed by atoms with Gasteiger partial charge in [-0.05, 0) is 49.4 Å². The molecule has 0 amide bonds. The van der Waals surface area contributed by atoms with Gasteiger partial charge in [0.15, 0.2) is 5.65 Å². The van der Waals surface area contributed by atoms with Crippen LogP contribution in [0, 0.1) is 6.92 Å². The average Bonchev–Trinajstić information content (AvgIpc) is 3.10. The minimum atomic E-state index is -3.59. The summed E-state index contributed by atoms with van der Waals surface area (Å²) in [6.45, 7) is 2.41. The molecule has 3 heterocycles. The highest BCUT2D eigenvalue weighted by atomic mass is 32.2. The summed E-state index contributed by atoms with van der Waals surface area (Å²) in [5.74, 6) is 0.372. The fraction of sp³-hybridized carbons (Fsp3) is 0.200. The summed E-state index contributed by atoms with van der Waals surface area (Å²) in [6, 6.07) is 11.8. The first-order chi connectivity index (χ1) is 15.0. The van der Waals surface area contributed by atoms with Crippen LogP contribution in [0.25, 0.3) is 17.0 Å². The van der Waals surface area contributed by atoms with Crippen molar-refractivity contribution in [3.63, 3.8) is 0 Å². The van der Waals surface area contributed by atoms with Gasteiger partial charge in [-0.2, -0.15) is 5.10 Å². The molecular formula is C20H21N7O3S. The quantitative estimate of drug-likeness (QED) is 0.400. The zero-order chi connectivity index (χ0) is 21.8. The number of hydrogen-bond donors (Lipinski definition) is 2. The van der Waals surface area contributed by atoms with Gasteiger partial charge in [-0.3, -0.25) is 0 Å². The highest BCUT2D eigenvalue weighted by Gasteiger charge is 2.15. The molecule has 0 aliphatic rings. The van der Waals surface area contributed by atoms with Gasteiger partial charge in [-0.15, -0.1) is 0 Å². The zero-order valence-corrected chi connectivity index (χ0v) is 17.8. The lowest BCUT2D eigenvalue weighted by Gasteiger charge is -2.09. The summed E-state index contributed by atoms with van der Waals surface area (Å²) >= 11 is 0. The minimum Gasteiger partial charge on any atom is -0.383 e. The van der Waals surface area contributed by atoms with Gasteiger partial charge in [0, 0.05) is 31.7 Å². The lowest BCUT2D eigenvalue weighted by Crippen LogP contribution is -2.27. The van der Waals surface area contributed by atoms with Gasteiger partial charge in [-0.1, -0.05) is 0 Å². The molecule has 31 heavy (non-hydrogen) atoms. The third kappa shape index (κ3) is 4.53. The van der Waals surface area contributed by atoms with Gasteiger partial charge in [0.25, 0.3) is 0 Å². The van der Waals surface area contributed by atoms with Crippen LogP contribution in [0.5, 0.6) is 0 Å². The van der Waals surface area contributed by atoms with Crippen molar-refractivity contribution in [3.05, 3.63) is 60.6 Å². The van der Waals surface area contributed by atoms with Gasteiger partial charge >= 0.3 is 0 Å². The summed E-state index contributed by atoms with van der Waals surface area (Å²) in [6.07, 6.45) is 3.34. The maximum absolute atomic E-state index is 12.3. The summed E-state index contributed by atoms with van der Waals surface area (Å²) in [5, 5.41) is 7.45. The van der Waals surface area contributed by atoms with Crippen molar-refractivity contribution in [1.82, 2.24) is 29.3 Å². The van der Waals surface area contributed by atoms with Crippen LogP contribution in [0.15, 0.2) is 59.8 Å². The number of ether oxygens (including phenoxy) is 1. The molecule has 4 rings (SSSR count). The maximum Gasteiger partial charge on any atom is 0.240 e. The highest BCUT2D eigenvalue weighted by Crippen LogP contribution is 2.24. The number of hydrogen-bond acceptors (Lipinski definition) is 8. The monoisotopic (exact) mass is 439 g/mol. The van der Waals surface area contributed by atoms with E-state index in [2.05, 4.69) is 30.1 Å². The van der Waals surface area contributed by atoms with Gasteiger partial charge in [-0.25, -0.2) is 32.6 Å². The Kier molecular flexibility index (Phi) is 5.89. The number of aryl methyl sites for hydroxylation is 1. The number of sulfonamides is 1. The minimum absolute atomic E-state index is 0.163. The van der Waals surface area contributed by atoms with E-state index >= 15 is 0 Å². The molecule has 0 atom stereocenters. The molecule has 0 aliphatic carbocycles. The Hall–Kier alpha value is -3.41. The van der Waals surface area contributed by atoms with E-state index in [4.69, 9.17) is 4.74 Å². The van der Waals surface area contributed by atoms with Crippen molar-refractivity contribution in [2.75, 3.05) is 25.6 Å². The fourth-order valence-electron chi connectivity index (χ4n) is 3.05. The highest BCUT2D eigenvalue weighted by molar-refractivity contribution is 7.89. The molecule has 10 nitrogen and oxygen atoms in total. The van der Waals surface area contributed by atoms with Crippen LogP contribution in [-0.4, -0.2) is 53.2 Å². The topological polar surface area (TPSA) is 123 Å². The van der Waals surface area contributed by atoms with Crippen molar-refractivity contribution in [2.24, 2.45) is 0 Å². The van der Waals surface area contributed by atoms with Crippen molar-refractivity contribution in [2.45, 2.75) is 11.8 Å². The molecule has 2 N–H and O–H groups in total. The van der Waals surface area contributed by atoms with Gasteiger partial charge in [0.05, 0.1) is 22.9 Å². The summed E-state index contributed by atoms with van der Waals surface area (Å²) < 4.78 is 33.6. The number of methoxy groups -OCH3 is 1. The van der Waals surface area contributed by atoms with Crippen molar-refractivity contribution in [3.8, 4) is 11.4 Å². The Bertz CT molecular complexity index is 1300. The van der Waals surface area contributed by atoms with E-state index in [0.717, 1.165) is 17.0 Å². The van der Waals surface area contributed by atoms with E-state index in [-0.39, 0.29) is 11.4 Å². The SMILES string of the molecule is COCCNS(=O)(=O)c1ccc(Nc2nccc(-c3c(C)nc4cccnn34)n2)cc1. The van der Waals surface area contributed by atoms with E-state index in [0.29, 0.717) is 23.9 Å². The van der Waals surface area contributed by atoms with Crippen LogP contribution in [0.3, 0.4) is 0 Å². The zero-order valence-electron chi connectivity index (χ0n) is 17.0. The molecule has 160 valence electrons. The Labute approximate surface area is 179 Å². The fourth-order valence-corrected chi connectivity index (χ4v) is 4.06. The third-order valence-corrected chi connectivity index (χ3v) is 5.96. The molecule has 0 unspecified atom stereocenters. The summed E-state index contributed by atoms with van der Waals surface area (Å²) in [5.41, 5.74) is 3.64. The largest absolute Gasteiger partial charge is 0.383 e. The number of aromatic nitrogens is 5. The second-order valence-electron chi connectivity index (χ2n) is 6.64. The number of nitrogens with one attached hydrogen (secondary N) is 2. The van der Waals surface area contributed by atoms with Gasteiger partial charge in [0.1, 0.15) is 5.69 Å². The first-order valence-corrected chi connectivity index (χ1v) is 11.0. The number of benzene rings is 1. The molecule has 0 radical (unpaired) electrons. The molecule has 0 saturated heterocycles. The Morgan fingerprint density at radius 3 is 2.65 bits per heavy atom. The molecule has 0 saturated carbocycles. The molecule has 0 bridgehead atoms. The Balaban J connectivity index is 1.55. The number of imidazole rings is 1. The molecule has 1 aromatic carbocycles. The molecular weight excluding hydrogens is 418 g/mol. The van der Waals surface area contributed by atoms with Crippen LogP contribution >= 0.6 is 0 Å². The molecule has 0 spiro atoms. The van der Waals surface area contributed by atoms with Crippen molar-refractivity contribution in [1.29, 1.82) is 0 Å². The number of rotatable bonds is 8. The molecule has 4 aromatic rings. The predicted molar refractivity (Wildman–Crippen MR) is 116 cm³/mol. The number of fused-ring (bicyclic) bond motifs is 1. The van der Waals surface area contributed by atoms with Crippen molar-refractivity contribution < 1.29 is 13.2 Å². The van der Waals surface area contributed by atoms with Crippen LogP contribution in [0.2, 0.25) is 0 Å². The Morgan fingerprint density at radius 2 is 1.87 bits per heavy atom. The first-order valence-electron chi connectivity index (χ1n) is 9.47. The molecule has 3 aromatic heterocycles. The van der Waals surface area contributed by atoms with Crippen LogP contribution < -0.4 is 10.0 Å². The van der Waals surface area contributed by atoms with Gasteiger partial charge < -0.3 is 10.1 Å². The third-order valence-electron chi connectivity index (χ3n) is 4.48. The van der Waals surface area contributed by atoms with Crippen LogP contribution in [-0.2, 0) is 14.8 Å². The lowest BCUT2D eigenvalue weighted by molar-refractivity contribution is 0.204. The molecule has 11 heteroatoms. The van der Waals surface area contributed by atoms with E-state index < -0.39 is 10.0 Å². The molecule has 0 aliphatic heterocycles. The number of anilines is 2. The van der Waals surface area contributed by atoms with Crippen LogP contribution in [0.4, 0.5) is 11.6 Å². The lowest BCUT2D eigenvalue weighted by atomic mass is 10.2. The molecule has 0 fully saturated rings. The van der Waals surface area contributed by atoms with Crippen molar-refractivity contribution >= 4 is 27.3 Å². The standard InChI is InChI=1S/C20H21N7O3S/c1-14-19(27-18(24-14)4-3-10-22-27)17-9-11-21-20(26-17)25-15-5-7-16(8-6-15)31(28,29)23-12-13-30-2/h3-11,23H,12-13H2,1-2H3,(H,21,25,26). The average molecular weight is 440 g/mol. The van der Waals surface area contributed by atoms with E-state index in [1.165, 1.54) is 19.2 Å². The smallest absolute Gasteiger partial charge is 0.240 e. The van der Waals surface area contributed by atoms with E-state index in [1.807, 2.05) is 19.1 Å². The summed E-state index contributed by atoms with van der Waals surface area (Å²) in [4.78, 5) is 13.5. The summed E-state index contributed by atoms with van der Waals surface area (Å²) in [7, 11) is -2.08. The Morgan fingerprint density at radius 1 is 1.06 bits per heavy atom. The predicted octanol–water partition coefficient (Wildman–Crippen LogP) is 2.16. The second-order valence-corrected chi connectivity index (χ2v) is 8.41. The normalized spacial score (nSPS) is 11.7. The van der Waals surface area contributed by atoms with Crippen LogP contribution in [0.1, 0.15) is 5.69 Å².